The molecule has 1 aliphatic carbocycles. The number of hydrogen-bond donors (Lipinski definition) is 1. The lowest BCUT2D eigenvalue weighted by molar-refractivity contribution is 0.283. The van der Waals surface area contributed by atoms with Crippen molar-refractivity contribution >= 4 is 23.3 Å². The second kappa shape index (κ2) is 4.76. The topological polar surface area (TPSA) is 29.9 Å². The summed E-state index contributed by atoms with van der Waals surface area (Å²) in [6.45, 7) is 1.01. The van der Waals surface area contributed by atoms with Crippen LogP contribution in [-0.2, 0) is 6.54 Å². The molecule has 4 heteroatoms. The predicted octanol–water partition coefficient (Wildman–Crippen LogP) is 3.90. The number of aromatic nitrogens is 2. The molecule has 2 aromatic rings. The zero-order valence-electron chi connectivity index (χ0n) is 10.6. The van der Waals surface area contributed by atoms with E-state index >= 15 is 0 Å². The van der Waals surface area contributed by atoms with Gasteiger partial charge >= 0.3 is 0 Å². The molecule has 0 spiro atoms. The van der Waals surface area contributed by atoms with Gasteiger partial charge in [0.15, 0.2) is 4.77 Å². The van der Waals surface area contributed by atoms with E-state index in [9.17, 15) is 0 Å². The van der Waals surface area contributed by atoms with Crippen LogP contribution in [-0.4, -0.2) is 16.7 Å². The zero-order chi connectivity index (χ0) is 12.5. The normalized spacial score (nSPS) is 15.8. The van der Waals surface area contributed by atoms with Crippen molar-refractivity contribution in [3.63, 3.8) is 0 Å². The standard InChI is InChI=1S/C14H18N2OS/c1-17-11-5-6-12-13(9-11)16(14(18)15-12)8-7-10-3-2-4-10/h5-6,9-10H,2-4,7-8H2,1H3,(H,15,18). The van der Waals surface area contributed by atoms with Crippen molar-refractivity contribution in [2.75, 3.05) is 7.11 Å². The molecule has 1 aromatic carbocycles. The van der Waals surface area contributed by atoms with Crippen LogP contribution in [0.1, 0.15) is 25.7 Å². The van der Waals surface area contributed by atoms with Crippen LogP contribution in [0.5, 0.6) is 5.75 Å². The summed E-state index contributed by atoms with van der Waals surface area (Å²) < 4.78 is 8.30. The van der Waals surface area contributed by atoms with E-state index in [1.807, 2.05) is 12.1 Å². The molecular formula is C14H18N2OS. The van der Waals surface area contributed by atoms with Gasteiger partial charge in [-0.05, 0) is 36.7 Å². The largest absolute Gasteiger partial charge is 0.497 e. The zero-order valence-corrected chi connectivity index (χ0v) is 11.4. The molecule has 0 saturated heterocycles. The second-order valence-electron chi connectivity index (χ2n) is 5.05. The summed E-state index contributed by atoms with van der Waals surface area (Å²) in [7, 11) is 1.70. The third kappa shape index (κ3) is 2.05. The highest BCUT2D eigenvalue weighted by Gasteiger charge is 2.17. The molecule has 0 unspecified atom stereocenters. The van der Waals surface area contributed by atoms with Crippen LogP contribution >= 0.6 is 12.2 Å². The summed E-state index contributed by atoms with van der Waals surface area (Å²) in [6, 6.07) is 6.05. The fourth-order valence-corrected chi connectivity index (χ4v) is 2.87. The minimum atomic E-state index is 0.817. The van der Waals surface area contributed by atoms with Crippen LogP contribution in [0.15, 0.2) is 18.2 Å². The number of H-pyrrole nitrogens is 1. The predicted molar refractivity (Wildman–Crippen MR) is 75.6 cm³/mol. The number of aryl methyl sites for hydroxylation is 1. The summed E-state index contributed by atoms with van der Waals surface area (Å²) in [5, 5.41) is 0. The number of methoxy groups -OCH3 is 1. The van der Waals surface area contributed by atoms with E-state index in [0.717, 1.165) is 34.0 Å². The Morgan fingerprint density at radius 1 is 1.44 bits per heavy atom. The quantitative estimate of drug-likeness (QED) is 0.847. The first kappa shape index (κ1) is 11.8. The van der Waals surface area contributed by atoms with Crippen LogP contribution in [0.25, 0.3) is 11.0 Å². The first-order valence-corrected chi connectivity index (χ1v) is 6.95. The highest BCUT2D eigenvalue weighted by Crippen LogP contribution is 2.30. The minimum Gasteiger partial charge on any atom is -0.497 e. The van der Waals surface area contributed by atoms with Gasteiger partial charge in [-0.3, -0.25) is 0 Å². The van der Waals surface area contributed by atoms with Gasteiger partial charge in [0.25, 0.3) is 0 Å². The van der Waals surface area contributed by atoms with Crippen molar-refractivity contribution in [1.82, 2.24) is 9.55 Å². The molecule has 96 valence electrons. The smallest absolute Gasteiger partial charge is 0.178 e. The first-order chi connectivity index (χ1) is 8.78. The van der Waals surface area contributed by atoms with Crippen molar-refractivity contribution in [3.05, 3.63) is 23.0 Å². The molecule has 0 radical (unpaired) electrons. The van der Waals surface area contributed by atoms with Gasteiger partial charge in [0.1, 0.15) is 5.75 Å². The number of rotatable bonds is 4. The molecule has 0 bridgehead atoms. The Balaban J connectivity index is 1.92. The Bertz CT molecular complexity index is 610. The van der Waals surface area contributed by atoms with E-state index in [1.54, 1.807) is 7.11 Å². The van der Waals surface area contributed by atoms with Crippen LogP contribution in [0.2, 0.25) is 0 Å². The number of fused-ring (bicyclic) bond motifs is 1. The highest BCUT2D eigenvalue weighted by atomic mass is 32.1. The van der Waals surface area contributed by atoms with E-state index in [2.05, 4.69) is 15.6 Å². The van der Waals surface area contributed by atoms with Crippen LogP contribution in [0.4, 0.5) is 0 Å². The summed E-state index contributed by atoms with van der Waals surface area (Å²) in [4.78, 5) is 3.26. The van der Waals surface area contributed by atoms with Crippen molar-refractivity contribution < 1.29 is 4.74 Å². The lowest BCUT2D eigenvalue weighted by atomic mass is 9.83. The second-order valence-corrected chi connectivity index (χ2v) is 5.44. The third-order valence-corrected chi connectivity index (χ3v) is 4.29. The number of hydrogen-bond acceptors (Lipinski definition) is 2. The third-order valence-electron chi connectivity index (χ3n) is 3.97. The Morgan fingerprint density at radius 3 is 2.94 bits per heavy atom. The molecule has 1 aliphatic rings. The van der Waals surface area contributed by atoms with Crippen molar-refractivity contribution in [3.8, 4) is 5.75 Å². The van der Waals surface area contributed by atoms with Crippen molar-refractivity contribution in [2.24, 2.45) is 5.92 Å². The van der Waals surface area contributed by atoms with E-state index in [0.29, 0.717) is 0 Å². The monoisotopic (exact) mass is 262 g/mol. The summed E-state index contributed by atoms with van der Waals surface area (Å²) in [5.41, 5.74) is 2.24. The van der Waals surface area contributed by atoms with Crippen molar-refractivity contribution in [1.29, 1.82) is 0 Å². The summed E-state index contributed by atoms with van der Waals surface area (Å²) >= 11 is 5.41. The minimum absolute atomic E-state index is 0.817. The molecule has 3 nitrogen and oxygen atoms in total. The molecule has 1 saturated carbocycles. The van der Waals surface area contributed by atoms with Gasteiger partial charge in [-0.1, -0.05) is 19.3 Å². The average Bonchev–Trinajstić information content (AvgIpc) is 2.63. The molecule has 1 aromatic heterocycles. The average molecular weight is 262 g/mol. The highest BCUT2D eigenvalue weighted by molar-refractivity contribution is 7.71. The maximum Gasteiger partial charge on any atom is 0.178 e. The van der Waals surface area contributed by atoms with Gasteiger partial charge < -0.3 is 14.3 Å². The van der Waals surface area contributed by atoms with Gasteiger partial charge in [-0.2, -0.15) is 0 Å². The van der Waals surface area contributed by atoms with Crippen LogP contribution < -0.4 is 4.74 Å². The van der Waals surface area contributed by atoms with E-state index in [-0.39, 0.29) is 0 Å². The molecule has 0 amide bonds. The van der Waals surface area contributed by atoms with Crippen LogP contribution in [0, 0.1) is 10.7 Å². The fraction of sp³-hybridized carbons (Fsp3) is 0.500. The number of nitrogens with zero attached hydrogens (tertiary/aromatic N) is 1. The van der Waals surface area contributed by atoms with E-state index < -0.39 is 0 Å². The Kier molecular flexibility index (Phi) is 3.12. The van der Waals surface area contributed by atoms with Gasteiger partial charge in [0, 0.05) is 12.6 Å². The molecule has 0 atom stereocenters. The van der Waals surface area contributed by atoms with E-state index in [4.69, 9.17) is 17.0 Å². The molecule has 1 N–H and O–H groups in total. The van der Waals surface area contributed by atoms with Gasteiger partial charge in [-0.15, -0.1) is 0 Å². The lowest BCUT2D eigenvalue weighted by Gasteiger charge is -2.25. The lowest BCUT2D eigenvalue weighted by Crippen LogP contribution is -2.13. The Labute approximate surface area is 112 Å². The number of imidazole rings is 1. The van der Waals surface area contributed by atoms with Crippen molar-refractivity contribution in [2.45, 2.75) is 32.2 Å². The number of aromatic amines is 1. The van der Waals surface area contributed by atoms with Gasteiger partial charge in [0.05, 0.1) is 18.1 Å². The number of benzene rings is 1. The summed E-state index contributed by atoms with van der Waals surface area (Å²) in [6.07, 6.45) is 5.41. The van der Waals surface area contributed by atoms with Gasteiger partial charge in [-0.25, -0.2) is 0 Å². The van der Waals surface area contributed by atoms with Crippen LogP contribution in [0.3, 0.4) is 0 Å². The fourth-order valence-electron chi connectivity index (χ4n) is 2.57. The molecule has 0 aliphatic heterocycles. The molecule has 3 rings (SSSR count). The molecule has 18 heavy (non-hydrogen) atoms. The maximum atomic E-state index is 5.41. The molecular weight excluding hydrogens is 244 g/mol. The Hall–Kier alpha value is -1.29. The summed E-state index contributed by atoms with van der Waals surface area (Å²) in [5.74, 6) is 1.79. The SMILES string of the molecule is COc1ccc2[nH]c(=S)n(CCC3CCC3)c2c1. The van der Waals surface area contributed by atoms with Gasteiger partial charge in [0.2, 0.25) is 0 Å². The van der Waals surface area contributed by atoms with E-state index in [1.165, 1.54) is 25.7 Å². The number of ether oxygens (including phenoxy) is 1. The molecule has 1 heterocycles. The number of nitrogens with one attached hydrogen (secondary N) is 1. The maximum absolute atomic E-state index is 5.41. The Morgan fingerprint density at radius 2 is 2.28 bits per heavy atom. The molecule has 1 fully saturated rings. The first-order valence-electron chi connectivity index (χ1n) is 6.54.